The number of anilines is 1. The number of para-hydroxylation sites is 1. The van der Waals surface area contributed by atoms with E-state index < -0.39 is 0 Å². The quantitative estimate of drug-likeness (QED) is 0.625. The van der Waals surface area contributed by atoms with Crippen LogP contribution in [0.25, 0.3) is 5.69 Å². The van der Waals surface area contributed by atoms with Crippen LogP contribution in [0.5, 0.6) is 0 Å². The van der Waals surface area contributed by atoms with Gasteiger partial charge >= 0.3 is 0 Å². The molecular formula is C19H18IN3O2. The number of halogens is 1. The molecule has 25 heavy (non-hydrogen) atoms. The molecule has 3 aromatic rings. The zero-order valence-corrected chi connectivity index (χ0v) is 16.1. The summed E-state index contributed by atoms with van der Waals surface area (Å²) in [5, 5.41) is 2.78. The summed E-state index contributed by atoms with van der Waals surface area (Å²) in [5.41, 5.74) is 2.47. The van der Waals surface area contributed by atoms with Gasteiger partial charge in [-0.3, -0.25) is 14.3 Å². The van der Waals surface area contributed by atoms with Gasteiger partial charge in [-0.05, 0) is 59.3 Å². The third-order valence-electron chi connectivity index (χ3n) is 4.10. The number of nitrogens with zero attached hydrogens (tertiary/aromatic N) is 2. The van der Waals surface area contributed by atoms with Crippen LogP contribution in [0, 0.1) is 10.5 Å². The summed E-state index contributed by atoms with van der Waals surface area (Å²) < 4.78 is 4.42. The van der Waals surface area contributed by atoms with Crippen molar-refractivity contribution in [1.82, 2.24) is 9.36 Å². The van der Waals surface area contributed by atoms with Gasteiger partial charge in [0.2, 0.25) is 5.91 Å². The van der Waals surface area contributed by atoms with Gasteiger partial charge in [-0.25, -0.2) is 4.68 Å². The largest absolute Gasteiger partial charge is 0.320 e. The van der Waals surface area contributed by atoms with E-state index in [0.717, 1.165) is 14.8 Å². The van der Waals surface area contributed by atoms with Crippen LogP contribution in [-0.4, -0.2) is 15.3 Å². The number of benzene rings is 2. The number of aromatic nitrogens is 2. The number of nitrogens with one attached hydrogen (secondary N) is 1. The van der Waals surface area contributed by atoms with Gasteiger partial charge in [-0.15, -0.1) is 0 Å². The summed E-state index contributed by atoms with van der Waals surface area (Å²) in [5.74, 6) is -0.202. The van der Waals surface area contributed by atoms with Crippen molar-refractivity contribution >= 4 is 34.2 Å². The van der Waals surface area contributed by atoms with E-state index in [9.17, 15) is 9.59 Å². The Balaban J connectivity index is 1.87. The first-order valence-corrected chi connectivity index (χ1v) is 8.93. The lowest BCUT2D eigenvalue weighted by Crippen LogP contribution is -2.23. The minimum atomic E-state index is -0.234. The van der Waals surface area contributed by atoms with Crippen molar-refractivity contribution in [3.05, 3.63) is 79.8 Å². The van der Waals surface area contributed by atoms with E-state index in [0.29, 0.717) is 11.4 Å². The fourth-order valence-corrected chi connectivity index (χ4v) is 3.04. The standard InChI is InChI=1S/C19H18IN3O2/c1-13-18(21-17(24)12-14-8-10-15(20)11-9-14)19(25)23(22(13)2)16-6-4-3-5-7-16/h3-11H,12H2,1-2H3,(H,21,24). The molecular weight excluding hydrogens is 429 g/mol. The molecule has 1 N–H and O–H groups in total. The first-order valence-electron chi connectivity index (χ1n) is 7.85. The summed E-state index contributed by atoms with van der Waals surface area (Å²) in [4.78, 5) is 25.1. The van der Waals surface area contributed by atoms with Crippen LogP contribution in [0.3, 0.4) is 0 Å². The van der Waals surface area contributed by atoms with Crippen molar-refractivity contribution in [2.75, 3.05) is 5.32 Å². The van der Waals surface area contributed by atoms with E-state index in [2.05, 4.69) is 27.9 Å². The van der Waals surface area contributed by atoms with E-state index in [1.54, 1.807) is 16.4 Å². The minimum absolute atomic E-state index is 0.202. The molecule has 0 fully saturated rings. The van der Waals surface area contributed by atoms with Gasteiger partial charge in [0.25, 0.3) is 5.56 Å². The molecule has 128 valence electrons. The number of rotatable bonds is 4. The number of amides is 1. The van der Waals surface area contributed by atoms with Gasteiger partial charge in [0.15, 0.2) is 0 Å². The molecule has 5 nitrogen and oxygen atoms in total. The molecule has 0 unspecified atom stereocenters. The molecule has 0 saturated heterocycles. The van der Waals surface area contributed by atoms with E-state index in [1.165, 1.54) is 0 Å². The predicted octanol–water partition coefficient (Wildman–Crippen LogP) is 3.27. The molecule has 1 heterocycles. The predicted molar refractivity (Wildman–Crippen MR) is 107 cm³/mol. The van der Waals surface area contributed by atoms with Crippen molar-refractivity contribution in [2.24, 2.45) is 7.05 Å². The molecule has 0 bridgehead atoms. The average molecular weight is 447 g/mol. The van der Waals surface area contributed by atoms with Crippen LogP contribution in [0.1, 0.15) is 11.3 Å². The summed E-state index contributed by atoms with van der Waals surface area (Å²) in [7, 11) is 1.80. The lowest BCUT2D eigenvalue weighted by atomic mass is 10.1. The van der Waals surface area contributed by atoms with Crippen molar-refractivity contribution < 1.29 is 4.79 Å². The van der Waals surface area contributed by atoms with E-state index in [4.69, 9.17) is 0 Å². The second-order valence-electron chi connectivity index (χ2n) is 5.79. The average Bonchev–Trinajstić information content (AvgIpc) is 2.81. The lowest BCUT2D eigenvalue weighted by Gasteiger charge is -2.07. The topological polar surface area (TPSA) is 56.0 Å². The Bertz CT molecular complexity index is 957. The maximum atomic E-state index is 12.8. The smallest absolute Gasteiger partial charge is 0.295 e. The zero-order chi connectivity index (χ0) is 18.0. The van der Waals surface area contributed by atoms with E-state index in [1.807, 2.05) is 61.5 Å². The van der Waals surface area contributed by atoms with Gasteiger partial charge in [-0.1, -0.05) is 30.3 Å². The normalized spacial score (nSPS) is 10.7. The summed E-state index contributed by atoms with van der Waals surface area (Å²) in [6.07, 6.45) is 0.232. The Morgan fingerprint density at radius 2 is 1.72 bits per heavy atom. The Labute approximate surface area is 159 Å². The van der Waals surface area contributed by atoms with Gasteiger partial charge in [0.1, 0.15) is 5.69 Å². The molecule has 2 aromatic carbocycles. The van der Waals surface area contributed by atoms with Crippen LogP contribution in [0.2, 0.25) is 0 Å². The fourth-order valence-electron chi connectivity index (χ4n) is 2.68. The highest BCUT2D eigenvalue weighted by atomic mass is 127. The highest BCUT2D eigenvalue weighted by molar-refractivity contribution is 14.1. The van der Waals surface area contributed by atoms with E-state index >= 15 is 0 Å². The molecule has 1 aromatic heterocycles. The van der Waals surface area contributed by atoms with Crippen molar-refractivity contribution in [2.45, 2.75) is 13.3 Å². The highest BCUT2D eigenvalue weighted by Gasteiger charge is 2.18. The van der Waals surface area contributed by atoms with Crippen molar-refractivity contribution in [3.8, 4) is 5.69 Å². The fraction of sp³-hybridized carbons (Fsp3) is 0.158. The molecule has 0 aliphatic rings. The molecule has 0 saturated carbocycles. The Morgan fingerprint density at radius 3 is 2.36 bits per heavy atom. The van der Waals surface area contributed by atoms with Crippen LogP contribution < -0.4 is 10.9 Å². The molecule has 0 aliphatic heterocycles. The third-order valence-corrected chi connectivity index (χ3v) is 4.82. The minimum Gasteiger partial charge on any atom is -0.320 e. The number of carbonyl (C=O) groups excluding carboxylic acids is 1. The zero-order valence-electron chi connectivity index (χ0n) is 14.0. The maximum Gasteiger partial charge on any atom is 0.295 e. The molecule has 6 heteroatoms. The second kappa shape index (κ2) is 7.26. The number of carbonyl (C=O) groups is 1. The van der Waals surface area contributed by atoms with Gasteiger partial charge in [-0.2, -0.15) is 0 Å². The van der Waals surface area contributed by atoms with Gasteiger partial charge in [0, 0.05) is 10.6 Å². The highest BCUT2D eigenvalue weighted by Crippen LogP contribution is 2.15. The Kier molecular flexibility index (Phi) is 5.08. The van der Waals surface area contributed by atoms with Crippen LogP contribution in [0.4, 0.5) is 5.69 Å². The van der Waals surface area contributed by atoms with Crippen LogP contribution in [-0.2, 0) is 18.3 Å². The molecule has 3 rings (SSSR count). The second-order valence-corrected chi connectivity index (χ2v) is 7.03. The first kappa shape index (κ1) is 17.5. The van der Waals surface area contributed by atoms with Crippen LogP contribution in [0.15, 0.2) is 59.4 Å². The maximum absolute atomic E-state index is 12.8. The van der Waals surface area contributed by atoms with Gasteiger partial charge in [0.05, 0.1) is 17.8 Å². The Morgan fingerprint density at radius 1 is 1.08 bits per heavy atom. The molecule has 0 atom stereocenters. The first-order chi connectivity index (χ1) is 12.0. The summed E-state index contributed by atoms with van der Waals surface area (Å²) in [6, 6.07) is 17.1. The lowest BCUT2D eigenvalue weighted by molar-refractivity contribution is -0.115. The molecule has 0 radical (unpaired) electrons. The monoisotopic (exact) mass is 447 g/mol. The van der Waals surface area contributed by atoms with Crippen molar-refractivity contribution in [1.29, 1.82) is 0 Å². The van der Waals surface area contributed by atoms with E-state index in [-0.39, 0.29) is 17.9 Å². The van der Waals surface area contributed by atoms with Crippen molar-refractivity contribution in [3.63, 3.8) is 0 Å². The molecule has 0 spiro atoms. The number of hydrogen-bond acceptors (Lipinski definition) is 2. The summed E-state index contributed by atoms with van der Waals surface area (Å²) >= 11 is 2.22. The van der Waals surface area contributed by atoms with Crippen LogP contribution >= 0.6 is 22.6 Å². The summed E-state index contributed by atoms with van der Waals surface area (Å²) in [6.45, 7) is 1.82. The Hall–Kier alpha value is -2.35. The number of hydrogen-bond donors (Lipinski definition) is 1. The third kappa shape index (κ3) is 3.68. The SMILES string of the molecule is Cc1c(NC(=O)Cc2ccc(I)cc2)c(=O)n(-c2ccccc2)n1C. The molecule has 0 aliphatic carbocycles. The van der Waals surface area contributed by atoms with Gasteiger partial charge < -0.3 is 5.32 Å². The molecule has 1 amide bonds.